The van der Waals surface area contributed by atoms with Gasteiger partial charge in [-0.15, -0.1) is 0 Å². The smallest absolute Gasteiger partial charge is 0.161 e. The van der Waals surface area contributed by atoms with Crippen molar-refractivity contribution in [1.29, 1.82) is 0 Å². The minimum atomic E-state index is 0.655. The van der Waals surface area contributed by atoms with E-state index in [1.54, 1.807) is 21.3 Å². The summed E-state index contributed by atoms with van der Waals surface area (Å²) in [7, 11) is 4.92. The van der Waals surface area contributed by atoms with E-state index < -0.39 is 0 Å². The summed E-state index contributed by atoms with van der Waals surface area (Å²) < 4.78 is 18.5. The van der Waals surface area contributed by atoms with Crippen molar-refractivity contribution >= 4 is 17.2 Å². The third kappa shape index (κ3) is 3.33. The van der Waals surface area contributed by atoms with Gasteiger partial charge in [0.2, 0.25) is 0 Å². The number of aryl methyl sites for hydroxylation is 1. The summed E-state index contributed by atoms with van der Waals surface area (Å²) in [5, 5.41) is 3.52. The number of rotatable bonds is 6. The highest BCUT2D eigenvalue weighted by Gasteiger charge is 2.18. The Hall–Kier alpha value is -3.67. The molecule has 2 heterocycles. The first-order valence-electron chi connectivity index (χ1n) is 9.26. The van der Waals surface area contributed by atoms with E-state index in [1.807, 2.05) is 54.6 Å². The molecule has 0 bridgehead atoms. The molecule has 0 unspecified atom stereocenters. The largest absolute Gasteiger partial charge is 0.495 e. The minimum absolute atomic E-state index is 0.655. The number of methoxy groups -OCH3 is 3. The van der Waals surface area contributed by atoms with Crippen LogP contribution in [0.4, 0.5) is 11.5 Å². The molecule has 4 rings (SSSR count). The number of fused-ring (bicyclic) bond motifs is 1. The molecular formula is C23H23N3O3. The SMILES string of the molecule is COc1ccccc1Nc1c(-c2ccc(OC)c(OC)c2)nc2cccc(C)n12. The fraction of sp³-hybridized carbons (Fsp3) is 0.174. The predicted molar refractivity (Wildman–Crippen MR) is 115 cm³/mol. The zero-order valence-electron chi connectivity index (χ0n) is 16.9. The first-order valence-corrected chi connectivity index (χ1v) is 9.26. The van der Waals surface area contributed by atoms with Crippen molar-refractivity contribution in [2.75, 3.05) is 26.6 Å². The second kappa shape index (κ2) is 7.75. The second-order valence-corrected chi connectivity index (χ2v) is 6.56. The zero-order chi connectivity index (χ0) is 20.4. The van der Waals surface area contributed by atoms with E-state index in [4.69, 9.17) is 19.2 Å². The maximum absolute atomic E-state index is 5.52. The van der Waals surface area contributed by atoms with Crippen molar-refractivity contribution in [1.82, 2.24) is 9.38 Å². The summed E-state index contributed by atoms with van der Waals surface area (Å²) in [6.45, 7) is 2.06. The number of pyridine rings is 1. The summed E-state index contributed by atoms with van der Waals surface area (Å²) in [4.78, 5) is 4.89. The summed E-state index contributed by atoms with van der Waals surface area (Å²) in [5.74, 6) is 2.95. The molecule has 0 fully saturated rings. The standard InChI is InChI=1S/C23H23N3O3/c1-15-8-7-11-21-25-22(16-12-13-19(28-3)20(14-16)29-4)23(26(15)21)24-17-9-5-6-10-18(17)27-2/h5-14,24H,1-4H3. The van der Waals surface area contributed by atoms with Crippen LogP contribution < -0.4 is 19.5 Å². The van der Waals surface area contributed by atoms with Gasteiger partial charge < -0.3 is 19.5 Å². The molecule has 4 aromatic rings. The van der Waals surface area contributed by atoms with Gasteiger partial charge in [0.05, 0.1) is 27.0 Å². The average Bonchev–Trinajstić information content (AvgIpc) is 3.13. The lowest BCUT2D eigenvalue weighted by Gasteiger charge is -2.14. The monoisotopic (exact) mass is 389 g/mol. The molecule has 6 nitrogen and oxygen atoms in total. The molecule has 0 saturated heterocycles. The van der Waals surface area contributed by atoms with Crippen LogP contribution in [-0.4, -0.2) is 30.7 Å². The molecule has 0 radical (unpaired) electrons. The van der Waals surface area contributed by atoms with Crippen LogP contribution in [0.2, 0.25) is 0 Å². The number of aromatic nitrogens is 2. The number of benzene rings is 2. The topological polar surface area (TPSA) is 57.0 Å². The van der Waals surface area contributed by atoms with Crippen LogP contribution in [0.15, 0.2) is 60.7 Å². The molecule has 6 heteroatoms. The van der Waals surface area contributed by atoms with Crippen molar-refractivity contribution in [2.45, 2.75) is 6.92 Å². The lowest BCUT2D eigenvalue weighted by atomic mass is 10.1. The Bertz CT molecular complexity index is 1170. The molecule has 1 N–H and O–H groups in total. The summed E-state index contributed by atoms with van der Waals surface area (Å²) in [5.41, 5.74) is 4.52. The maximum Gasteiger partial charge on any atom is 0.161 e. The highest BCUT2D eigenvalue weighted by molar-refractivity contribution is 5.82. The number of nitrogens with one attached hydrogen (secondary N) is 1. The van der Waals surface area contributed by atoms with Crippen molar-refractivity contribution < 1.29 is 14.2 Å². The number of anilines is 2. The molecule has 0 atom stereocenters. The van der Waals surface area contributed by atoms with Gasteiger partial charge in [-0.2, -0.15) is 0 Å². The molecule has 2 aromatic heterocycles. The Balaban J connectivity index is 1.93. The third-order valence-corrected chi connectivity index (χ3v) is 4.86. The van der Waals surface area contributed by atoms with Gasteiger partial charge >= 0.3 is 0 Å². The van der Waals surface area contributed by atoms with Crippen LogP contribution in [0, 0.1) is 6.92 Å². The van der Waals surface area contributed by atoms with E-state index in [2.05, 4.69) is 22.7 Å². The molecule has 0 spiro atoms. The van der Waals surface area contributed by atoms with Crippen molar-refractivity contribution in [3.63, 3.8) is 0 Å². The van der Waals surface area contributed by atoms with E-state index in [9.17, 15) is 0 Å². The van der Waals surface area contributed by atoms with Gasteiger partial charge in [-0.1, -0.05) is 18.2 Å². The average molecular weight is 389 g/mol. The van der Waals surface area contributed by atoms with E-state index in [0.717, 1.165) is 39.9 Å². The Morgan fingerprint density at radius 2 is 1.55 bits per heavy atom. The fourth-order valence-electron chi connectivity index (χ4n) is 3.43. The number of hydrogen-bond acceptors (Lipinski definition) is 5. The van der Waals surface area contributed by atoms with Crippen LogP contribution >= 0.6 is 0 Å². The molecule has 29 heavy (non-hydrogen) atoms. The number of ether oxygens (including phenoxy) is 3. The van der Waals surface area contributed by atoms with Crippen molar-refractivity contribution in [3.8, 4) is 28.5 Å². The normalized spacial score (nSPS) is 10.8. The van der Waals surface area contributed by atoms with Gasteiger partial charge in [0, 0.05) is 11.3 Å². The number of nitrogens with zero attached hydrogens (tertiary/aromatic N) is 2. The Labute approximate surface area is 169 Å². The molecule has 148 valence electrons. The predicted octanol–water partition coefficient (Wildman–Crippen LogP) is 5.08. The van der Waals surface area contributed by atoms with E-state index in [-0.39, 0.29) is 0 Å². The molecule has 0 amide bonds. The van der Waals surface area contributed by atoms with Gasteiger partial charge in [-0.25, -0.2) is 4.98 Å². The van der Waals surface area contributed by atoms with Gasteiger partial charge in [0.25, 0.3) is 0 Å². The number of imidazole rings is 1. The zero-order valence-corrected chi connectivity index (χ0v) is 16.9. The molecule has 0 aliphatic carbocycles. The molecule has 0 saturated carbocycles. The summed E-state index contributed by atoms with van der Waals surface area (Å²) >= 11 is 0. The van der Waals surface area contributed by atoms with Crippen LogP contribution in [0.1, 0.15) is 5.69 Å². The first kappa shape index (κ1) is 18.7. The second-order valence-electron chi connectivity index (χ2n) is 6.56. The Kier molecular flexibility index (Phi) is 4.99. The summed E-state index contributed by atoms with van der Waals surface area (Å²) in [6, 6.07) is 19.7. The van der Waals surface area contributed by atoms with Gasteiger partial charge in [-0.05, 0) is 49.4 Å². The van der Waals surface area contributed by atoms with Crippen molar-refractivity contribution in [3.05, 3.63) is 66.4 Å². The van der Waals surface area contributed by atoms with Crippen molar-refractivity contribution in [2.24, 2.45) is 0 Å². The first-order chi connectivity index (χ1) is 14.2. The quantitative estimate of drug-likeness (QED) is 0.498. The Morgan fingerprint density at radius 3 is 2.31 bits per heavy atom. The fourth-order valence-corrected chi connectivity index (χ4v) is 3.43. The number of hydrogen-bond donors (Lipinski definition) is 1. The maximum atomic E-state index is 5.52. The van der Waals surface area contributed by atoms with E-state index in [1.165, 1.54) is 0 Å². The highest BCUT2D eigenvalue weighted by atomic mass is 16.5. The van der Waals surface area contributed by atoms with Crippen LogP contribution in [0.3, 0.4) is 0 Å². The van der Waals surface area contributed by atoms with Gasteiger partial charge in [0.1, 0.15) is 22.9 Å². The van der Waals surface area contributed by atoms with Gasteiger partial charge in [-0.3, -0.25) is 4.40 Å². The Morgan fingerprint density at radius 1 is 0.793 bits per heavy atom. The molecule has 0 aliphatic rings. The molecular weight excluding hydrogens is 366 g/mol. The highest BCUT2D eigenvalue weighted by Crippen LogP contribution is 2.38. The number of para-hydroxylation sites is 2. The summed E-state index contributed by atoms with van der Waals surface area (Å²) in [6.07, 6.45) is 0. The molecule has 2 aromatic carbocycles. The molecule has 0 aliphatic heterocycles. The van der Waals surface area contributed by atoms with Crippen LogP contribution in [0.25, 0.3) is 16.9 Å². The van der Waals surface area contributed by atoms with Gasteiger partial charge in [0.15, 0.2) is 11.5 Å². The van der Waals surface area contributed by atoms with Crippen LogP contribution in [0.5, 0.6) is 17.2 Å². The lowest BCUT2D eigenvalue weighted by Crippen LogP contribution is -2.01. The lowest BCUT2D eigenvalue weighted by molar-refractivity contribution is 0.355. The van der Waals surface area contributed by atoms with E-state index >= 15 is 0 Å². The minimum Gasteiger partial charge on any atom is -0.495 e. The third-order valence-electron chi connectivity index (χ3n) is 4.86. The van der Waals surface area contributed by atoms with E-state index in [0.29, 0.717) is 11.5 Å². The van der Waals surface area contributed by atoms with Crippen LogP contribution in [-0.2, 0) is 0 Å².